The summed E-state index contributed by atoms with van der Waals surface area (Å²) >= 11 is 0. The quantitative estimate of drug-likeness (QED) is 0.530. The molecule has 0 radical (unpaired) electrons. The third-order valence-electron chi connectivity index (χ3n) is 10.9. The van der Waals surface area contributed by atoms with Gasteiger partial charge in [0.1, 0.15) is 6.17 Å². The Morgan fingerprint density at radius 2 is 1.79 bits per heavy atom. The van der Waals surface area contributed by atoms with E-state index in [-0.39, 0.29) is 23.3 Å². The van der Waals surface area contributed by atoms with Crippen LogP contribution in [0.5, 0.6) is 0 Å². The number of nitrogens with zero attached hydrogens (tertiary/aromatic N) is 4. The Morgan fingerprint density at radius 3 is 2.55 bits per heavy atom. The minimum atomic E-state index is -0.622. The lowest BCUT2D eigenvalue weighted by Crippen LogP contribution is -2.58. The van der Waals surface area contributed by atoms with Crippen molar-refractivity contribution in [1.29, 1.82) is 0 Å². The van der Waals surface area contributed by atoms with E-state index in [4.69, 9.17) is 0 Å². The van der Waals surface area contributed by atoms with E-state index in [2.05, 4.69) is 27.4 Å². The van der Waals surface area contributed by atoms with Crippen LogP contribution in [0.15, 0.2) is 41.3 Å². The van der Waals surface area contributed by atoms with E-state index in [1.807, 2.05) is 28.8 Å². The predicted molar refractivity (Wildman–Crippen MR) is 163 cm³/mol. The van der Waals surface area contributed by atoms with Gasteiger partial charge in [0.05, 0.1) is 11.0 Å². The standard InChI is InChI=1S/C33H44N6O3/c1-20-10-11-25-17-26(18-29(20)38(25)19-24-15-22-6-5-7-23(14-22)16-24)39-28-9-4-3-8-27(28)35-31(32(39)41)37-13-12-30(34-21(2)40)36-33(37)42/h3-4,8-9,12-13,20,22-26,29-30H,5-7,10-11,14-19H2,1-2H3,(H,34,40)(H,36,42)/t20-,22-,23+,24?,25+,26-,29+,30?/m0/s1. The highest BCUT2D eigenvalue weighted by atomic mass is 16.2. The van der Waals surface area contributed by atoms with Gasteiger partial charge in [-0.15, -0.1) is 0 Å². The van der Waals surface area contributed by atoms with Crippen molar-refractivity contribution in [2.24, 2.45) is 23.7 Å². The maximum Gasteiger partial charge on any atom is 0.329 e. The summed E-state index contributed by atoms with van der Waals surface area (Å²) in [6.07, 6.45) is 15.4. The van der Waals surface area contributed by atoms with Gasteiger partial charge >= 0.3 is 6.03 Å². The van der Waals surface area contributed by atoms with E-state index >= 15 is 0 Å². The number of fused-ring (bicyclic) bond motifs is 5. The molecule has 0 spiro atoms. The van der Waals surface area contributed by atoms with Crippen molar-refractivity contribution in [3.8, 4) is 0 Å². The molecule has 4 fully saturated rings. The molecule has 4 heterocycles. The van der Waals surface area contributed by atoms with Gasteiger partial charge in [0, 0.05) is 37.8 Å². The van der Waals surface area contributed by atoms with Crippen LogP contribution in [0, 0.1) is 23.7 Å². The summed E-state index contributed by atoms with van der Waals surface area (Å²) in [6.45, 7) is 5.02. The summed E-state index contributed by atoms with van der Waals surface area (Å²) in [4.78, 5) is 47.7. The molecule has 7 rings (SSSR count). The van der Waals surface area contributed by atoms with Crippen LogP contribution in [0.1, 0.15) is 84.1 Å². The fourth-order valence-electron chi connectivity index (χ4n) is 9.15. The molecule has 2 saturated heterocycles. The number of benzene rings is 1. The maximum atomic E-state index is 14.3. The summed E-state index contributed by atoms with van der Waals surface area (Å²) < 4.78 is 1.94. The van der Waals surface area contributed by atoms with Crippen LogP contribution in [0.2, 0.25) is 0 Å². The zero-order chi connectivity index (χ0) is 29.0. The molecule has 8 atom stereocenters. The molecule has 224 valence electrons. The number of hydrogen-bond acceptors (Lipinski definition) is 5. The number of amides is 3. The van der Waals surface area contributed by atoms with Crippen molar-refractivity contribution in [3.05, 3.63) is 46.9 Å². The van der Waals surface area contributed by atoms with Crippen LogP contribution in [-0.4, -0.2) is 51.2 Å². The van der Waals surface area contributed by atoms with Gasteiger partial charge in [0.25, 0.3) is 5.56 Å². The van der Waals surface area contributed by atoms with Crippen molar-refractivity contribution in [3.63, 3.8) is 0 Å². The van der Waals surface area contributed by atoms with Gasteiger partial charge in [0.15, 0.2) is 0 Å². The van der Waals surface area contributed by atoms with Gasteiger partial charge in [-0.25, -0.2) is 14.7 Å². The van der Waals surface area contributed by atoms with Crippen LogP contribution in [0.25, 0.3) is 11.0 Å². The van der Waals surface area contributed by atoms with Crippen molar-refractivity contribution in [2.45, 2.75) is 102 Å². The van der Waals surface area contributed by atoms with Gasteiger partial charge in [-0.3, -0.25) is 14.5 Å². The smallest absolute Gasteiger partial charge is 0.329 e. The molecule has 3 aliphatic heterocycles. The van der Waals surface area contributed by atoms with E-state index in [0.717, 1.165) is 36.1 Å². The number of aromatic nitrogens is 2. The largest absolute Gasteiger partial charge is 0.333 e. The second kappa shape index (κ2) is 11.1. The van der Waals surface area contributed by atoms with Gasteiger partial charge < -0.3 is 15.2 Å². The summed E-state index contributed by atoms with van der Waals surface area (Å²) in [7, 11) is 0. The predicted octanol–water partition coefficient (Wildman–Crippen LogP) is 4.92. The number of para-hydroxylation sites is 2. The highest BCUT2D eigenvalue weighted by Gasteiger charge is 2.44. The number of rotatable bonds is 5. The van der Waals surface area contributed by atoms with E-state index < -0.39 is 12.2 Å². The van der Waals surface area contributed by atoms with Gasteiger partial charge in [0.2, 0.25) is 11.7 Å². The molecule has 2 aromatic rings. The topological polar surface area (TPSA) is 99.6 Å². The van der Waals surface area contributed by atoms with Crippen LogP contribution < -0.4 is 21.1 Å². The lowest BCUT2D eigenvalue weighted by atomic mass is 9.67. The second-order valence-electron chi connectivity index (χ2n) is 13.8. The van der Waals surface area contributed by atoms with E-state index in [0.29, 0.717) is 23.5 Å². The minimum Gasteiger partial charge on any atom is -0.333 e. The molecule has 2 aliphatic carbocycles. The van der Waals surface area contributed by atoms with Gasteiger partial charge in [-0.2, -0.15) is 0 Å². The number of carbonyl (C=O) groups is 2. The monoisotopic (exact) mass is 572 g/mol. The van der Waals surface area contributed by atoms with Crippen molar-refractivity contribution in [1.82, 2.24) is 25.1 Å². The summed E-state index contributed by atoms with van der Waals surface area (Å²) in [5, 5.41) is 5.41. The molecule has 5 aliphatic rings. The van der Waals surface area contributed by atoms with E-state index in [1.165, 1.54) is 69.7 Å². The van der Waals surface area contributed by atoms with Crippen LogP contribution >= 0.6 is 0 Å². The zero-order valence-corrected chi connectivity index (χ0v) is 24.9. The van der Waals surface area contributed by atoms with Crippen molar-refractivity contribution in [2.75, 3.05) is 11.4 Å². The SMILES string of the molecule is CC(=O)NC1C=CN(c2nc3ccccc3n([C@H]3C[C@H]4CC[C@H](C)[C@@H](C3)N4CC3C[C@H]4CCC[C@@H](C3)C4)c2=O)C(=O)N1. The Morgan fingerprint density at radius 1 is 1.00 bits per heavy atom. The molecule has 2 unspecified atom stereocenters. The number of carbonyl (C=O) groups excluding carboxylic acids is 2. The second-order valence-corrected chi connectivity index (χ2v) is 13.8. The number of urea groups is 1. The summed E-state index contributed by atoms with van der Waals surface area (Å²) in [5.74, 6) is 3.12. The first kappa shape index (κ1) is 27.6. The average molecular weight is 573 g/mol. The molecule has 1 aromatic carbocycles. The molecule has 2 saturated carbocycles. The number of anilines is 1. The lowest BCUT2D eigenvalue weighted by molar-refractivity contribution is -0.119. The fourth-order valence-corrected chi connectivity index (χ4v) is 9.15. The third-order valence-corrected chi connectivity index (χ3v) is 10.9. The Bertz CT molecular complexity index is 1440. The van der Waals surface area contributed by atoms with Crippen LogP contribution in [0.4, 0.5) is 10.6 Å². The number of nitrogens with one attached hydrogen (secondary N) is 2. The molecular formula is C33H44N6O3. The molecule has 4 bridgehead atoms. The lowest BCUT2D eigenvalue weighted by Gasteiger charge is -2.54. The Labute approximate surface area is 247 Å². The maximum absolute atomic E-state index is 14.3. The first-order valence-corrected chi connectivity index (χ1v) is 16.2. The zero-order valence-electron chi connectivity index (χ0n) is 24.9. The number of piperidine rings is 2. The molecule has 9 nitrogen and oxygen atoms in total. The van der Waals surface area contributed by atoms with Crippen LogP contribution in [0.3, 0.4) is 0 Å². The molecule has 9 heteroatoms. The molecule has 2 N–H and O–H groups in total. The number of hydrogen-bond donors (Lipinski definition) is 2. The first-order valence-electron chi connectivity index (χ1n) is 16.2. The Balaban J connectivity index is 1.19. The minimum absolute atomic E-state index is 0.0489. The average Bonchev–Trinajstić information content (AvgIpc) is 2.95. The molecule has 42 heavy (non-hydrogen) atoms. The van der Waals surface area contributed by atoms with E-state index in [9.17, 15) is 14.4 Å². The van der Waals surface area contributed by atoms with Crippen LogP contribution in [-0.2, 0) is 4.79 Å². The summed E-state index contributed by atoms with van der Waals surface area (Å²) in [5.41, 5.74) is 1.29. The van der Waals surface area contributed by atoms with Gasteiger partial charge in [-0.05, 0) is 86.8 Å². The molecular weight excluding hydrogens is 528 g/mol. The molecule has 1 aromatic heterocycles. The van der Waals surface area contributed by atoms with Crippen molar-refractivity contribution >= 4 is 28.8 Å². The first-order chi connectivity index (χ1) is 20.3. The normalized spacial score (nSPS) is 34.7. The fraction of sp³-hybridized carbons (Fsp3) is 0.636. The highest BCUT2D eigenvalue weighted by Crippen LogP contribution is 2.46. The Hall–Kier alpha value is -3.20. The molecule has 3 amide bonds. The highest BCUT2D eigenvalue weighted by molar-refractivity contribution is 5.95. The van der Waals surface area contributed by atoms with Gasteiger partial charge in [-0.1, -0.05) is 38.3 Å². The van der Waals surface area contributed by atoms with Crippen molar-refractivity contribution < 1.29 is 9.59 Å². The summed E-state index contributed by atoms with van der Waals surface area (Å²) in [6, 6.07) is 8.29. The third kappa shape index (κ3) is 5.14. The van der Waals surface area contributed by atoms with E-state index in [1.54, 1.807) is 12.3 Å². The Kier molecular flexibility index (Phi) is 7.32.